The predicted molar refractivity (Wildman–Crippen MR) is 98.5 cm³/mol. The third-order valence-corrected chi connectivity index (χ3v) is 4.35. The van der Waals surface area contributed by atoms with Crippen molar-refractivity contribution >= 4 is 23.6 Å². The van der Waals surface area contributed by atoms with Gasteiger partial charge >= 0.3 is 12.0 Å². The Labute approximate surface area is 157 Å². The highest BCUT2D eigenvalue weighted by molar-refractivity contribution is 5.98. The summed E-state index contributed by atoms with van der Waals surface area (Å²) in [5.74, 6) is -1.31. The van der Waals surface area contributed by atoms with Gasteiger partial charge in [0.25, 0.3) is 0 Å². The molecule has 1 aliphatic rings. The van der Waals surface area contributed by atoms with Crippen LogP contribution in [-0.4, -0.2) is 49.8 Å². The van der Waals surface area contributed by atoms with Crippen LogP contribution in [0.3, 0.4) is 0 Å². The van der Waals surface area contributed by atoms with E-state index in [0.29, 0.717) is 0 Å². The van der Waals surface area contributed by atoms with Gasteiger partial charge in [-0.1, -0.05) is 19.3 Å². The molecular weight excluding hydrogens is 354 g/mol. The Bertz CT molecular complexity index is 701. The van der Waals surface area contributed by atoms with Gasteiger partial charge in [-0.05, 0) is 25.0 Å². The first-order chi connectivity index (χ1) is 12.9. The number of amides is 3. The van der Waals surface area contributed by atoms with Crippen LogP contribution in [0.1, 0.15) is 42.5 Å². The van der Waals surface area contributed by atoms with E-state index in [4.69, 9.17) is 9.47 Å². The average molecular weight is 379 g/mol. The van der Waals surface area contributed by atoms with Crippen LogP contribution in [0.15, 0.2) is 12.1 Å². The number of carbonyl (C=O) groups excluding carboxylic acids is 2. The summed E-state index contributed by atoms with van der Waals surface area (Å²) in [6.45, 7) is -0.263. The van der Waals surface area contributed by atoms with Crippen molar-refractivity contribution < 1.29 is 29.0 Å². The second-order valence-electron chi connectivity index (χ2n) is 6.27. The zero-order valence-electron chi connectivity index (χ0n) is 15.5. The molecule has 4 N–H and O–H groups in total. The molecule has 0 unspecified atom stereocenters. The normalized spacial score (nSPS) is 14.1. The van der Waals surface area contributed by atoms with E-state index in [1.54, 1.807) is 0 Å². The number of anilines is 1. The fourth-order valence-electron chi connectivity index (χ4n) is 3.02. The minimum Gasteiger partial charge on any atom is -0.493 e. The molecule has 1 aromatic rings. The van der Waals surface area contributed by atoms with Crippen molar-refractivity contribution in [3.05, 3.63) is 17.7 Å². The molecule has 2 rings (SSSR count). The minimum absolute atomic E-state index is 0.0639. The molecule has 0 saturated heterocycles. The molecule has 148 valence electrons. The van der Waals surface area contributed by atoms with E-state index < -0.39 is 17.9 Å². The molecule has 1 fully saturated rings. The van der Waals surface area contributed by atoms with Gasteiger partial charge in [0.05, 0.1) is 32.0 Å². The summed E-state index contributed by atoms with van der Waals surface area (Å²) < 4.78 is 10.3. The first kappa shape index (κ1) is 20.3. The molecular formula is C18H25N3O6. The molecule has 0 spiro atoms. The highest BCUT2D eigenvalue weighted by Gasteiger charge is 2.19. The summed E-state index contributed by atoms with van der Waals surface area (Å²) >= 11 is 0. The number of hydrogen-bond donors (Lipinski definition) is 4. The van der Waals surface area contributed by atoms with Gasteiger partial charge in [0.15, 0.2) is 11.5 Å². The molecule has 27 heavy (non-hydrogen) atoms. The number of nitrogens with one attached hydrogen (secondary N) is 3. The van der Waals surface area contributed by atoms with E-state index in [9.17, 15) is 19.5 Å². The number of carboxylic acid groups (broad SMARTS) is 1. The van der Waals surface area contributed by atoms with Crippen molar-refractivity contribution in [2.45, 2.75) is 38.1 Å². The number of rotatable bonds is 7. The molecule has 1 aliphatic carbocycles. The molecule has 0 aliphatic heterocycles. The second-order valence-corrected chi connectivity index (χ2v) is 6.27. The van der Waals surface area contributed by atoms with Crippen LogP contribution in [0.2, 0.25) is 0 Å². The standard InChI is InChI=1S/C18H25N3O6/c1-26-14-9-11(17(23)24)8-13(16(14)27-2)21-15(22)10-19-18(25)20-12-6-4-3-5-7-12/h8-9,12H,3-7,10H2,1-2H3,(H,21,22)(H,23,24)(H2,19,20,25). The van der Waals surface area contributed by atoms with E-state index in [-0.39, 0.29) is 35.3 Å². The van der Waals surface area contributed by atoms with Gasteiger partial charge in [0.1, 0.15) is 0 Å². The highest BCUT2D eigenvalue weighted by Crippen LogP contribution is 2.36. The van der Waals surface area contributed by atoms with Gasteiger partial charge < -0.3 is 30.5 Å². The number of benzene rings is 1. The number of carboxylic acids is 1. The van der Waals surface area contributed by atoms with Crippen LogP contribution >= 0.6 is 0 Å². The average Bonchev–Trinajstić information content (AvgIpc) is 2.66. The fraction of sp³-hybridized carbons (Fsp3) is 0.500. The molecule has 9 heteroatoms. The third kappa shape index (κ3) is 5.77. The van der Waals surface area contributed by atoms with Crippen LogP contribution < -0.4 is 25.4 Å². The summed E-state index contributed by atoms with van der Waals surface area (Å²) in [4.78, 5) is 35.3. The molecule has 0 radical (unpaired) electrons. The van der Waals surface area contributed by atoms with Crippen molar-refractivity contribution in [2.24, 2.45) is 0 Å². The van der Waals surface area contributed by atoms with Crippen molar-refractivity contribution in [1.82, 2.24) is 10.6 Å². The van der Waals surface area contributed by atoms with E-state index in [0.717, 1.165) is 25.7 Å². The molecule has 0 bridgehead atoms. The summed E-state index contributed by atoms with van der Waals surface area (Å²) in [6.07, 6.45) is 5.25. The quantitative estimate of drug-likeness (QED) is 0.574. The van der Waals surface area contributed by atoms with E-state index in [1.165, 1.54) is 32.8 Å². The summed E-state index contributed by atoms with van der Waals surface area (Å²) in [6, 6.07) is 2.30. The summed E-state index contributed by atoms with van der Waals surface area (Å²) in [5.41, 5.74) is 0.0830. The number of methoxy groups -OCH3 is 2. The summed E-state index contributed by atoms with van der Waals surface area (Å²) in [7, 11) is 2.75. The maximum Gasteiger partial charge on any atom is 0.335 e. The lowest BCUT2D eigenvalue weighted by atomic mass is 9.96. The second kappa shape index (κ2) is 9.65. The highest BCUT2D eigenvalue weighted by atomic mass is 16.5. The zero-order chi connectivity index (χ0) is 19.8. The zero-order valence-corrected chi connectivity index (χ0v) is 15.5. The lowest BCUT2D eigenvalue weighted by Gasteiger charge is -2.22. The maximum atomic E-state index is 12.2. The van der Waals surface area contributed by atoms with Crippen LogP contribution in [0.4, 0.5) is 10.5 Å². The Morgan fingerprint density at radius 1 is 1.11 bits per heavy atom. The lowest BCUT2D eigenvalue weighted by Crippen LogP contribution is -2.45. The molecule has 9 nitrogen and oxygen atoms in total. The molecule has 0 aromatic heterocycles. The topological polar surface area (TPSA) is 126 Å². The molecule has 0 heterocycles. The SMILES string of the molecule is COc1cc(C(=O)O)cc(NC(=O)CNC(=O)NC2CCCCC2)c1OC. The number of aromatic carboxylic acids is 1. The number of ether oxygens (including phenoxy) is 2. The smallest absolute Gasteiger partial charge is 0.335 e. The Kier molecular flexibility index (Phi) is 7.27. The van der Waals surface area contributed by atoms with Crippen LogP contribution in [0, 0.1) is 0 Å². The molecule has 1 aromatic carbocycles. The maximum absolute atomic E-state index is 12.2. The Morgan fingerprint density at radius 3 is 2.41 bits per heavy atom. The first-order valence-electron chi connectivity index (χ1n) is 8.78. The van der Waals surface area contributed by atoms with Gasteiger partial charge in [0.2, 0.25) is 5.91 Å². The Morgan fingerprint density at radius 2 is 1.81 bits per heavy atom. The van der Waals surface area contributed by atoms with E-state index in [1.807, 2.05) is 0 Å². The van der Waals surface area contributed by atoms with Crippen LogP contribution in [0.25, 0.3) is 0 Å². The Hall–Kier alpha value is -2.97. The third-order valence-electron chi connectivity index (χ3n) is 4.35. The summed E-state index contributed by atoms with van der Waals surface area (Å²) in [5, 5.41) is 17.1. The van der Waals surface area contributed by atoms with Crippen molar-refractivity contribution in [3.8, 4) is 11.5 Å². The fourth-order valence-corrected chi connectivity index (χ4v) is 3.02. The van der Waals surface area contributed by atoms with Gasteiger partial charge in [0, 0.05) is 6.04 Å². The van der Waals surface area contributed by atoms with Crippen molar-refractivity contribution in [3.63, 3.8) is 0 Å². The minimum atomic E-state index is -1.17. The Balaban J connectivity index is 1.96. The number of carbonyl (C=O) groups is 3. The first-order valence-corrected chi connectivity index (χ1v) is 8.78. The van der Waals surface area contributed by atoms with E-state index in [2.05, 4.69) is 16.0 Å². The molecule has 3 amide bonds. The predicted octanol–water partition coefficient (Wildman–Crippen LogP) is 1.97. The molecule has 1 saturated carbocycles. The van der Waals surface area contributed by atoms with Gasteiger partial charge in [-0.25, -0.2) is 9.59 Å². The number of hydrogen-bond acceptors (Lipinski definition) is 5. The van der Waals surface area contributed by atoms with Gasteiger partial charge in [-0.2, -0.15) is 0 Å². The largest absolute Gasteiger partial charge is 0.493 e. The number of urea groups is 1. The van der Waals surface area contributed by atoms with E-state index >= 15 is 0 Å². The van der Waals surface area contributed by atoms with Gasteiger partial charge in [-0.15, -0.1) is 0 Å². The van der Waals surface area contributed by atoms with Crippen LogP contribution in [0.5, 0.6) is 11.5 Å². The lowest BCUT2D eigenvalue weighted by molar-refractivity contribution is -0.115. The van der Waals surface area contributed by atoms with Gasteiger partial charge in [-0.3, -0.25) is 4.79 Å². The monoisotopic (exact) mass is 379 g/mol. The molecule has 0 atom stereocenters. The van der Waals surface area contributed by atoms with Crippen LogP contribution in [-0.2, 0) is 4.79 Å². The van der Waals surface area contributed by atoms with Crippen molar-refractivity contribution in [1.29, 1.82) is 0 Å². The van der Waals surface area contributed by atoms with Crippen molar-refractivity contribution in [2.75, 3.05) is 26.1 Å².